The predicted molar refractivity (Wildman–Crippen MR) is 74.1 cm³/mol. The lowest BCUT2D eigenvalue weighted by atomic mass is 10.1. The molecule has 4 heteroatoms. The molecule has 2 aromatic rings. The van der Waals surface area contributed by atoms with E-state index >= 15 is 0 Å². The molecule has 0 saturated heterocycles. The Balaban J connectivity index is 1.90. The quantitative estimate of drug-likeness (QED) is 0.931. The number of sulfonamides is 1. The summed E-state index contributed by atoms with van der Waals surface area (Å²) in [6.45, 7) is 0. The molecule has 0 atom stereocenters. The summed E-state index contributed by atoms with van der Waals surface area (Å²) in [5.41, 5.74) is 0.630. The number of rotatable bonds is 4. The summed E-state index contributed by atoms with van der Waals surface area (Å²) in [7, 11) is -3.45. The lowest BCUT2D eigenvalue weighted by molar-refractivity contribution is 0.551. The van der Waals surface area contributed by atoms with Gasteiger partial charge in [0.25, 0.3) is 0 Å². The zero-order chi connectivity index (χ0) is 13.3. The van der Waals surface area contributed by atoms with Gasteiger partial charge in [0.05, 0.1) is 10.4 Å². The van der Waals surface area contributed by atoms with E-state index in [1.165, 1.54) is 0 Å². The van der Waals surface area contributed by atoms with Gasteiger partial charge in [-0.3, -0.25) is 0 Å². The van der Waals surface area contributed by atoms with Gasteiger partial charge >= 0.3 is 0 Å². The molecule has 98 valence electrons. The molecule has 0 unspecified atom stereocenters. The molecule has 0 heterocycles. The zero-order valence-corrected chi connectivity index (χ0v) is 11.2. The van der Waals surface area contributed by atoms with Crippen molar-refractivity contribution in [1.29, 1.82) is 0 Å². The maximum atomic E-state index is 12.4. The van der Waals surface area contributed by atoms with Crippen LogP contribution in [-0.4, -0.2) is 8.42 Å². The fraction of sp³-hybridized carbons (Fsp3) is 0.200. The van der Waals surface area contributed by atoms with Crippen LogP contribution in [0.2, 0.25) is 0 Å². The minimum Gasteiger partial charge on any atom is -0.207 e. The summed E-state index contributed by atoms with van der Waals surface area (Å²) < 4.78 is 27.5. The van der Waals surface area contributed by atoms with E-state index in [0.29, 0.717) is 4.90 Å². The van der Waals surface area contributed by atoms with Gasteiger partial charge in [0.1, 0.15) is 0 Å². The molecule has 0 amide bonds. The molecular weight excluding hydrogens is 258 g/mol. The van der Waals surface area contributed by atoms with Gasteiger partial charge in [-0.05, 0) is 30.5 Å². The highest BCUT2D eigenvalue weighted by atomic mass is 32.2. The Morgan fingerprint density at radius 3 is 1.89 bits per heavy atom. The summed E-state index contributed by atoms with van der Waals surface area (Å²) >= 11 is 0. The molecule has 2 aromatic carbocycles. The maximum Gasteiger partial charge on any atom is 0.241 e. The van der Waals surface area contributed by atoms with Crippen LogP contribution in [0.1, 0.15) is 18.4 Å². The van der Waals surface area contributed by atoms with Crippen molar-refractivity contribution in [3.63, 3.8) is 0 Å². The Labute approximate surface area is 113 Å². The van der Waals surface area contributed by atoms with Gasteiger partial charge in [-0.1, -0.05) is 48.5 Å². The Bertz CT molecular complexity index is 662. The Morgan fingerprint density at radius 2 is 1.37 bits per heavy atom. The summed E-state index contributed by atoms with van der Waals surface area (Å²) in [5.74, 6) is 0. The van der Waals surface area contributed by atoms with Crippen LogP contribution >= 0.6 is 0 Å². The Morgan fingerprint density at radius 1 is 0.842 bits per heavy atom. The highest BCUT2D eigenvalue weighted by Crippen LogP contribution is 2.46. The van der Waals surface area contributed by atoms with E-state index in [9.17, 15) is 8.42 Å². The second-order valence-electron chi connectivity index (χ2n) is 4.87. The largest absolute Gasteiger partial charge is 0.241 e. The highest BCUT2D eigenvalue weighted by Gasteiger charge is 2.47. The summed E-state index contributed by atoms with van der Waals surface area (Å²) in [6.07, 6.45) is 1.70. The molecule has 1 N–H and O–H groups in total. The minimum absolute atomic E-state index is 0.317. The fourth-order valence-corrected chi connectivity index (χ4v) is 3.72. The SMILES string of the molecule is O=S(=O)(NC1(c2ccccc2)CC1)c1ccccc1. The van der Waals surface area contributed by atoms with Crippen LogP contribution in [0.25, 0.3) is 0 Å². The molecule has 0 aliphatic heterocycles. The number of nitrogens with one attached hydrogen (secondary N) is 1. The first-order valence-electron chi connectivity index (χ1n) is 6.27. The molecule has 0 aromatic heterocycles. The number of hydrogen-bond donors (Lipinski definition) is 1. The monoisotopic (exact) mass is 273 g/mol. The van der Waals surface area contributed by atoms with Gasteiger partial charge in [-0.25, -0.2) is 13.1 Å². The molecule has 3 rings (SSSR count). The topological polar surface area (TPSA) is 46.2 Å². The summed E-state index contributed by atoms with van der Waals surface area (Å²) in [5, 5.41) is 0. The van der Waals surface area contributed by atoms with E-state index in [0.717, 1.165) is 18.4 Å². The van der Waals surface area contributed by atoms with E-state index in [2.05, 4.69) is 4.72 Å². The summed E-state index contributed by atoms with van der Waals surface area (Å²) in [6, 6.07) is 18.3. The second kappa shape index (κ2) is 4.47. The first kappa shape index (κ1) is 12.4. The van der Waals surface area contributed by atoms with Crippen molar-refractivity contribution < 1.29 is 8.42 Å². The van der Waals surface area contributed by atoms with Crippen molar-refractivity contribution in [2.24, 2.45) is 0 Å². The number of hydrogen-bond acceptors (Lipinski definition) is 2. The minimum atomic E-state index is -3.45. The standard InChI is InChI=1S/C15H15NO2S/c17-19(18,14-9-5-2-6-10-14)16-15(11-12-15)13-7-3-1-4-8-13/h1-10,16H,11-12H2. The highest BCUT2D eigenvalue weighted by molar-refractivity contribution is 7.89. The normalized spacial score (nSPS) is 17.1. The fourth-order valence-electron chi connectivity index (χ4n) is 2.25. The molecule has 0 radical (unpaired) electrons. The van der Waals surface area contributed by atoms with E-state index in [-0.39, 0.29) is 0 Å². The van der Waals surface area contributed by atoms with Gasteiger partial charge in [0.15, 0.2) is 0 Å². The Hall–Kier alpha value is -1.65. The van der Waals surface area contributed by atoms with Crippen molar-refractivity contribution in [2.45, 2.75) is 23.3 Å². The molecule has 1 fully saturated rings. The molecule has 1 saturated carbocycles. The molecule has 1 aliphatic rings. The third kappa shape index (κ3) is 2.41. The number of benzene rings is 2. The molecule has 19 heavy (non-hydrogen) atoms. The smallest absolute Gasteiger partial charge is 0.207 e. The van der Waals surface area contributed by atoms with Crippen LogP contribution in [0.3, 0.4) is 0 Å². The Kier molecular flexibility index (Phi) is 2.92. The van der Waals surface area contributed by atoms with Crippen LogP contribution in [0.15, 0.2) is 65.6 Å². The van der Waals surface area contributed by atoms with Crippen LogP contribution in [-0.2, 0) is 15.6 Å². The van der Waals surface area contributed by atoms with Gasteiger partial charge in [0, 0.05) is 0 Å². The van der Waals surface area contributed by atoms with E-state index in [1.54, 1.807) is 24.3 Å². The predicted octanol–water partition coefficient (Wildman–Crippen LogP) is 2.65. The lowest BCUT2D eigenvalue weighted by Gasteiger charge is -2.18. The zero-order valence-electron chi connectivity index (χ0n) is 10.4. The first-order valence-corrected chi connectivity index (χ1v) is 7.75. The van der Waals surface area contributed by atoms with Crippen LogP contribution in [0.4, 0.5) is 0 Å². The van der Waals surface area contributed by atoms with Gasteiger partial charge in [-0.2, -0.15) is 0 Å². The first-order chi connectivity index (χ1) is 9.12. The molecule has 0 bridgehead atoms. The third-order valence-corrected chi connectivity index (χ3v) is 5.01. The van der Waals surface area contributed by atoms with Gasteiger partial charge < -0.3 is 0 Å². The average molecular weight is 273 g/mol. The molecule has 1 aliphatic carbocycles. The van der Waals surface area contributed by atoms with Gasteiger partial charge in [-0.15, -0.1) is 0 Å². The average Bonchev–Trinajstić information content (AvgIpc) is 3.21. The third-order valence-electron chi connectivity index (χ3n) is 3.46. The van der Waals surface area contributed by atoms with Crippen LogP contribution in [0, 0.1) is 0 Å². The molecule has 0 spiro atoms. The molecule has 3 nitrogen and oxygen atoms in total. The van der Waals surface area contributed by atoms with Crippen molar-refractivity contribution in [3.05, 3.63) is 66.2 Å². The lowest BCUT2D eigenvalue weighted by Crippen LogP contribution is -2.34. The second-order valence-corrected chi connectivity index (χ2v) is 6.55. The van der Waals surface area contributed by atoms with Crippen molar-refractivity contribution in [2.75, 3.05) is 0 Å². The van der Waals surface area contributed by atoms with Crippen molar-refractivity contribution in [1.82, 2.24) is 4.72 Å². The van der Waals surface area contributed by atoms with E-state index in [1.807, 2.05) is 36.4 Å². The molecular formula is C15H15NO2S. The maximum absolute atomic E-state index is 12.4. The van der Waals surface area contributed by atoms with Gasteiger partial charge in [0.2, 0.25) is 10.0 Å². The summed E-state index contributed by atoms with van der Waals surface area (Å²) in [4.78, 5) is 0.317. The van der Waals surface area contributed by atoms with E-state index in [4.69, 9.17) is 0 Å². The van der Waals surface area contributed by atoms with Crippen LogP contribution in [0.5, 0.6) is 0 Å². The van der Waals surface area contributed by atoms with Crippen molar-refractivity contribution in [3.8, 4) is 0 Å². The van der Waals surface area contributed by atoms with Crippen molar-refractivity contribution >= 4 is 10.0 Å². The van der Waals surface area contributed by atoms with Crippen LogP contribution < -0.4 is 4.72 Å². The van der Waals surface area contributed by atoms with E-state index < -0.39 is 15.6 Å².